The molecule has 1 aromatic carbocycles. The van der Waals surface area contributed by atoms with E-state index in [9.17, 15) is 4.79 Å². The van der Waals surface area contributed by atoms with Gasteiger partial charge in [0.15, 0.2) is 0 Å². The number of fused-ring (bicyclic) bond motifs is 1. The fourth-order valence-electron chi connectivity index (χ4n) is 2.42. The molecule has 1 unspecified atom stereocenters. The Morgan fingerprint density at radius 1 is 1.28 bits per heavy atom. The Labute approximate surface area is 106 Å². The van der Waals surface area contributed by atoms with Gasteiger partial charge in [0.05, 0.1) is 12.2 Å². The lowest BCUT2D eigenvalue weighted by atomic mass is 10.3. The van der Waals surface area contributed by atoms with Gasteiger partial charge in [-0.05, 0) is 12.1 Å². The molecule has 0 amide bonds. The van der Waals surface area contributed by atoms with E-state index in [0.717, 1.165) is 43.9 Å². The van der Waals surface area contributed by atoms with Crippen molar-refractivity contribution in [3.8, 4) is 5.75 Å². The number of piperazine rings is 1. The predicted molar refractivity (Wildman–Crippen MR) is 68.6 cm³/mol. The summed E-state index contributed by atoms with van der Waals surface area (Å²) < 4.78 is 5.87. The predicted octanol–water partition coefficient (Wildman–Crippen LogP) is 0.591. The number of anilines is 1. The first-order valence-electron chi connectivity index (χ1n) is 6.29. The van der Waals surface area contributed by atoms with E-state index in [1.54, 1.807) is 0 Å². The number of carbonyl (C=O) groups is 1. The summed E-state index contributed by atoms with van der Waals surface area (Å²) in [5.74, 6) is 0.915. The van der Waals surface area contributed by atoms with Crippen LogP contribution in [0.25, 0.3) is 0 Å². The number of nitrogens with zero attached hydrogens (tertiary/aromatic N) is 2. The van der Waals surface area contributed by atoms with Gasteiger partial charge in [0.2, 0.25) is 6.35 Å². The van der Waals surface area contributed by atoms with Crippen LogP contribution in [0.5, 0.6) is 5.75 Å². The molecule has 1 saturated heterocycles. The second-order valence-corrected chi connectivity index (χ2v) is 4.61. The highest BCUT2D eigenvalue weighted by molar-refractivity contribution is 5.59. The molecule has 2 aliphatic heterocycles. The van der Waals surface area contributed by atoms with Crippen molar-refractivity contribution in [2.75, 3.05) is 38.0 Å². The van der Waals surface area contributed by atoms with Crippen molar-refractivity contribution in [2.45, 2.75) is 6.35 Å². The third-order valence-corrected chi connectivity index (χ3v) is 3.48. The number of carbonyl (C=O) groups excluding carboxylic acids is 1. The summed E-state index contributed by atoms with van der Waals surface area (Å²) in [6.07, 6.45) is 0.899. The monoisotopic (exact) mass is 247 g/mol. The molecule has 2 heterocycles. The normalized spacial score (nSPS) is 24.1. The van der Waals surface area contributed by atoms with E-state index in [1.807, 2.05) is 24.3 Å². The maximum Gasteiger partial charge on any atom is 0.230 e. The lowest BCUT2D eigenvalue weighted by Crippen LogP contribution is -2.53. The fraction of sp³-hybridized carbons (Fsp3) is 0.462. The average Bonchev–Trinajstić information content (AvgIpc) is 2.84. The number of aldehydes is 1. The first-order valence-corrected chi connectivity index (χ1v) is 6.29. The van der Waals surface area contributed by atoms with Gasteiger partial charge in [-0.1, -0.05) is 12.1 Å². The molecule has 0 aromatic heterocycles. The first-order chi connectivity index (χ1) is 8.86. The molecule has 1 aromatic rings. The fourth-order valence-corrected chi connectivity index (χ4v) is 2.42. The molecule has 5 heteroatoms. The number of nitrogens with one attached hydrogen (secondary N) is 1. The van der Waals surface area contributed by atoms with Crippen molar-refractivity contribution in [1.29, 1.82) is 0 Å². The van der Waals surface area contributed by atoms with Crippen LogP contribution in [-0.2, 0) is 4.79 Å². The van der Waals surface area contributed by atoms with E-state index in [0.29, 0.717) is 6.54 Å². The quantitative estimate of drug-likeness (QED) is 0.792. The number of para-hydroxylation sites is 2. The van der Waals surface area contributed by atoms with Crippen LogP contribution >= 0.6 is 0 Å². The maximum atomic E-state index is 10.5. The van der Waals surface area contributed by atoms with Gasteiger partial charge in [0, 0.05) is 26.2 Å². The van der Waals surface area contributed by atoms with Crippen molar-refractivity contribution < 1.29 is 9.53 Å². The average molecular weight is 247 g/mol. The van der Waals surface area contributed by atoms with E-state index in [1.165, 1.54) is 0 Å². The molecule has 3 rings (SSSR count). The van der Waals surface area contributed by atoms with Gasteiger partial charge in [0.1, 0.15) is 12.0 Å². The van der Waals surface area contributed by atoms with Crippen LogP contribution in [0.1, 0.15) is 0 Å². The van der Waals surface area contributed by atoms with Crippen LogP contribution in [0.2, 0.25) is 0 Å². The minimum atomic E-state index is -0.0687. The zero-order valence-electron chi connectivity index (χ0n) is 10.2. The Bertz CT molecular complexity index is 405. The molecule has 1 N–H and O–H groups in total. The zero-order chi connectivity index (χ0) is 12.4. The van der Waals surface area contributed by atoms with Gasteiger partial charge in [-0.15, -0.1) is 0 Å². The number of benzene rings is 1. The Morgan fingerprint density at radius 3 is 2.78 bits per heavy atom. The van der Waals surface area contributed by atoms with Crippen LogP contribution in [0.3, 0.4) is 0 Å². The largest absolute Gasteiger partial charge is 0.455 e. The molecule has 0 bridgehead atoms. The second kappa shape index (κ2) is 4.96. The van der Waals surface area contributed by atoms with E-state index in [2.05, 4.69) is 15.1 Å². The van der Waals surface area contributed by atoms with Gasteiger partial charge < -0.3 is 14.8 Å². The maximum absolute atomic E-state index is 10.5. The van der Waals surface area contributed by atoms with Crippen LogP contribution in [0.4, 0.5) is 5.69 Å². The van der Waals surface area contributed by atoms with Crippen LogP contribution in [0, 0.1) is 0 Å². The summed E-state index contributed by atoms with van der Waals surface area (Å²) in [4.78, 5) is 14.9. The minimum absolute atomic E-state index is 0.0687. The molecule has 1 fully saturated rings. The zero-order valence-corrected chi connectivity index (χ0v) is 10.2. The number of hydrogen-bond donors (Lipinski definition) is 1. The van der Waals surface area contributed by atoms with Gasteiger partial charge in [-0.25, -0.2) is 4.90 Å². The third-order valence-electron chi connectivity index (χ3n) is 3.48. The molecule has 0 aliphatic carbocycles. The van der Waals surface area contributed by atoms with Crippen LogP contribution in [0.15, 0.2) is 24.3 Å². The Hall–Kier alpha value is -1.59. The van der Waals surface area contributed by atoms with Gasteiger partial charge >= 0.3 is 0 Å². The molecule has 0 spiro atoms. The van der Waals surface area contributed by atoms with Crippen LogP contribution < -0.4 is 10.1 Å². The molecule has 1 atom stereocenters. The van der Waals surface area contributed by atoms with Crippen molar-refractivity contribution >= 4 is 12.0 Å². The van der Waals surface area contributed by atoms with Crippen molar-refractivity contribution in [1.82, 2.24) is 9.80 Å². The van der Waals surface area contributed by atoms with Crippen molar-refractivity contribution in [2.24, 2.45) is 0 Å². The second-order valence-electron chi connectivity index (χ2n) is 4.61. The standard InChI is InChI=1S/C13H17N3O2/c17-10-9-15-5-7-16(8-6-15)13-14-11-3-1-2-4-12(11)18-13/h1-4,10,13-14H,5-9H2. The summed E-state index contributed by atoms with van der Waals surface area (Å²) in [6, 6.07) is 7.98. The third kappa shape index (κ3) is 2.19. The van der Waals surface area contributed by atoms with Crippen LogP contribution in [-0.4, -0.2) is 55.2 Å². The Kier molecular flexibility index (Phi) is 3.17. The summed E-state index contributed by atoms with van der Waals surface area (Å²) in [5, 5.41) is 3.37. The van der Waals surface area contributed by atoms with Gasteiger partial charge in [-0.2, -0.15) is 0 Å². The molecular weight excluding hydrogens is 230 g/mol. The topological polar surface area (TPSA) is 44.8 Å². The lowest BCUT2D eigenvalue weighted by molar-refractivity contribution is -0.109. The highest BCUT2D eigenvalue weighted by Crippen LogP contribution is 2.32. The highest BCUT2D eigenvalue weighted by Gasteiger charge is 2.29. The summed E-state index contributed by atoms with van der Waals surface area (Å²) >= 11 is 0. The Balaban J connectivity index is 1.58. The molecule has 18 heavy (non-hydrogen) atoms. The van der Waals surface area contributed by atoms with Crippen molar-refractivity contribution in [3.63, 3.8) is 0 Å². The minimum Gasteiger partial charge on any atom is -0.455 e. The number of rotatable bonds is 3. The molecular formula is C13H17N3O2. The van der Waals surface area contributed by atoms with Gasteiger partial charge in [-0.3, -0.25) is 4.90 Å². The van der Waals surface area contributed by atoms with E-state index in [-0.39, 0.29) is 6.35 Å². The van der Waals surface area contributed by atoms with Gasteiger partial charge in [0.25, 0.3) is 0 Å². The Morgan fingerprint density at radius 2 is 2.06 bits per heavy atom. The molecule has 5 nitrogen and oxygen atoms in total. The molecule has 2 aliphatic rings. The van der Waals surface area contributed by atoms with Crippen molar-refractivity contribution in [3.05, 3.63) is 24.3 Å². The molecule has 0 radical (unpaired) electrons. The van der Waals surface area contributed by atoms with E-state index >= 15 is 0 Å². The molecule has 96 valence electrons. The lowest BCUT2D eigenvalue weighted by Gasteiger charge is -2.36. The summed E-state index contributed by atoms with van der Waals surface area (Å²) in [7, 11) is 0. The number of hydrogen-bond acceptors (Lipinski definition) is 5. The summed E-state index contributed by atoms with van der Waals surface area (Å²) in [6.45, 7) is 4.19. The van der Waals surface area contributed by atoms with E-state index in [4.69, 9.17) is 4.74 Å². The number of ether oxygens (including phenoxy) is 1. The summed E-state index contributed by atoms with van der Waals surface area (Å²) in [5.41, 5.74) is 1.05. The molecule has 0 saturated carbocycles. The highest BCUT2D eigenvalue weighted by atomic mass is 16.5. The SMILES string of the molecule is O=CCN1CCN(C2Nc3ccccc3O2)CC1. The smallest absolute Gasteiger partial charge is 0.230 e. The first kappa shape index (κ1) is 11.5. The van der Waals surface area contributed by atoms with E-state index < -0.39 is 0 Å².